The van der Waals surface area contributed by atoms with Crippen molar-refractivity contribution in [2.24, 2.45) is 35.5 Å². The number of rotatable bonds is 9. The summed E-state index contributed by atoms with van der Waals surface area (Å²) in [5.41, 5.74) is -1.14. The number of ether oxygens (including phenoxy) is 6. The molecule has 5 fully saturated rings. The average Bonchev–Trinajstić information content (AvgIpc) is 3.69. The predicted molar refractivity (Wildman–Crippen MR) is 164 cm³/mol. The maximum Gasteiger partial charge on any atom is 0.309 e. The fourth-order valence-electron chi connectivity index (χ4n) is 9.36. The Balaban J connectivity index is 1.29. The molecule has 5 heterocycles. The number of carbonyl (C=O) groups excluding carboxylic acids is 2. The fourth-order valence-corrected chi connectivity index (χ4v) is 9.36. The summed E-state index contributed by atoms with van der Waals surface area (Å²) in [4.78, 5) is 37.6. The summed E-state index contributed by atoms with van der Waals surface area (Å²) in [6.07, 6.45) is 3.58. The summed E-state index contributed by atoms with van der Waals surface area (Å²) in [5.74, 6) is -3.20. The van der Waals surface area contributed by atoms with Crippen LogP contribution >= 0.6 is 0 Å². The number of hydrogen-bond acceptors (Lipinski definition) is 9. The molecule has 45 heavy (non-hydrogen) atoms. The highest BCUT2D eigenvalue weighted by atomic mass is 16.7. The molecular weight excluding hydrogens is 580 g/mol. The maximum atomic E-state index is 13.4. The van der Waals surface area contributed by atoms with Gasteiger partial charge in [0.25, 0.3) is 0 Å². The molecule has 5 saturated heterocycles. The first-order valence-corrected chi connectivity index (χ1v) is 17.3. The van der Waals surface area contributed by atoms with Crippen LogP contribution in [0, 0.1) is 35.5 Å². The first-order chi connectivity index (χ1) is 21.1. The monoisotopic (exact) mass is 636 g/mol. The van der Waals surface area contributed by atoms with E-state index in [-0.39, 0.29) is 66.3 Å². The van der Waals surface area contributed by atoms with E-state index in [9.17, 15) is 19.5 Å². The molecule has 15 atom stereocenters. The smallest absolute Gasteiger partial charge is 0.309 e. The van der Waals surface area contributed by atoms with Gasteiger partial charge in [0, 0.05) is 25.4 Å². The normalized spacial score (nSPS) is 47.5. The van der Waals surface area contributed by atoms with Crippen molar-refractivity contribution in [3.8, 4) is 0 Å². The van der Waals surface area contributed by atoms with E-state index >= 15 is 0 Å². The van der Waals surface area contributed by atoms with Crippen molar-refractivity contribution in [2.45, 2.75) is 160 Å². The average molecular weight is 637 g/mol. The van der Waals surface area contributed by atoms with E-state index in [1.807, 2.05) is 20.8 Å². The Morgan fingerprint density at radius 2 is 1.76 bits per heavy atom. The van der Waals surface area contributed by atoms with Crippen LogP contribution in [0.2, 0.25) is 0 Å². The van der Waals surface area contributed by atoms with Gasteiger partial charge in [0.05, 0.1) is 60.0 Å². The number of carboxylic acid groups (broad SMARTS) is 1. The van der Waals surface area contributed by atoms with Crippen LogP contribution in [-0.2, 0) is 42.8 Å². The molecular formula is C35H56O10. The van der Waals surface area contributed by atoms with Gasteiger partial charge in [-0.25, -0.2) is 0 Å². The van der Waals surface area contributed by atoms with Crippen LogP contribution in [0.4, 0.5) is 0 Å². The van der Waals surface area contributed by atoms with E-state index in [1.165, 1.54) is 7.11 Å². The minimum absolute atomic E-state index is 0.0571. The highest BCUT2D eigenvalue weighted by Gasteiger charge is 2.62. The van der Waals surface area contributed by atoms with Gasteiger partial charge in [-0.2, -0.15) is 0 Å². The second kappa shape index (κ2) is 12.8. The molecule has 0 radical (unpaired) electrons. The molecule has 15 unspecified atom stereocenters. The Hall–Kier alpha value is -1.59. The molecule has 5 aliphatic heterocycles. The fraction of sp³-hybridized carbons (Fsp3) is 0.914. The third kappa shape index (κ3) is 6.23. The number of aliphatic carboxylic acids is 1. The SMILES string of the molecule is CCC1(C2OC(C3OC(=O)C(C)CC3C)CC2C)CCC(C2(C)CCC3(CC(=O)C(C)C(C(C)C(OC)C(C)C(=O)O)O3)O2)O1. The largest absolute Gasteiger partial charge is 0.481 e. The molecule has 1 N–H and O–H groups in total. The molecule has 10 heteroatoms. The van der Waals surface area contributed by atoms with Crippen LogP contribution in [0.3, 0.4) is 0 Å². The van der Waals surface area contributed by atoms with Crippen molar-refractivity contribution in [1.82, 2.24) is 0 Å². The van der Waals surface area contributed by atoms with E-state index < -0.39 is 47.0 Å². The van der Waals surface area contributed by atoms with Crippen LogP contribution in [0.15, 0.2) is 0 Å². The van der Waals surface area contributed by atoms with Crippen molar-refractivity contribution in [3.05, 3.63) is 0 Å². The Morgan fingerprint density at radius 3 is 2.40 bits per heavy atom. The molecule has 0 saturated carbocycles. The van der Waals surface area contributed by atoms with Gasteiger partial charge in [0.15, 0.2) is 5.79 Å². The van der Waals surface area contributed by atoms with Crippen molar-refractivity contribution < 1.29 is 47.9 Å². The van der Waals surface area contributed by atoms with Gasteiger partial charge in [-0.15, -0.1) is 0 Å². The molecule has 5 rings (SSSR count). The second-order valence-electron chi connectivity index (χ2n) is 15.4. The van der Waals surface area contributed by atoms with Crippen molar-refractivity contribution in [2.75, 3.05) is 7.11 Å². The van der Waals surface area contributed by atoms with Crippen molar-refractivity contribution in [1.29, 1.82) is 0 Å². The molecule has 0 amide bonds. The number of Topliss-reactive ketones (excluding diaryl/α,β-unsaturated/α-hetero) is 1. The van der Waals surface area contributed by atoms with Gasteiger partial charge in [0.1, 0.15) is 11.9 Å². The summed E-state index contributed by atoms with van der Waals surface area (Å²) in [7, 11) is 1.51. The van der Waals surface area contributed by atoms with Gasteiger partial charge >= 0.3 is 11.9 Å². The van der Waals surface area contributed by atoms with Gasteiger partial charge < -0.3 is 33.5 Å². The van der Waals surface area contributed by atoms with Crippen LogP contribution in [0.1, 0.15) is 107 Å². The third-order valence-electron chi connectivity index (χ3n) is 12.2. The molecule has 0 aliphatic carbocycles. The minimum Gasteiger partial charge on any atom is -0.481 e. The number of esters is 1. The lowest BCUT2D eigenvalue weighted by Crippen LogP contribution is -2.55. The molecule has 0 aromatic rings. The lowest BCUT2D eigenvalue weighted by molar-refractivity contribution is -0.311. The zero-order valence-electron chi connectivity index (χ0n) is 28.7. The molecule has 0 aromatic carbocycles. The second-order valence-corrected chi connectivity index (χ2v) is 15.4. The van der Waals surface area contributed by atoms with Crippen molar-refractivity contribution in [3.63, 3.8) is 0 Å². The summed E-state index contributed by atoms with van der Waals surface area (Å²) in [5, 5.41) is 9.66. The molecule has 1 spiro atoms. The Labute approximate surface area is 268 Å². The topological polar surface area (TPSA) is 127 Å². The summed E-state index contributed by atoms with van der Waals surface area (Å²) < 4.78 is 38.9. The molecule has 10 nitrogen and oxygen atoms in total. The highest BCUT2D eigenvalue weighted by Crippen LogP contribution is 2.54. The minimum atomic E-state index is -1.08. The molecule has 5 aliphatic rings. The van der Waals surface area contributed by atoms with E-state index in [2.05, 4.69) is 27.7 Å². The Bertz CT molecular complexity index is 1130. The number of cyclic esters (lactones) is 1. The van der Waals surface area contributed by atoms with Crippen LogP contribution in [0.25, 0.3) is 0 Å². The van der Waals surface area contributed by atoms with E-state index in [4.69, 9.17) is 28.4 Å². The number of carbonyl (C=O) groups is 3. The van der Waals surface area contributed by atoms with Crippen LogP contribution in [-0.4, -0.2) is 83.6 Å². The summed E-state index contributed by atoms with van der Waals surface area (Å²) in [6.45, 7) is 15.9. The maximum absolute atomic E-state index is 13.4. The summed E-state index contributed by atoms with van der Waals surface area (Å²) in [6, 6.07) is 0. The zero-order chi connectivity index (χ0) is 33.1. The Morgan fingerprint density at radius 1 is 1.04 bits per heavy atom. The first kappa shape index (κ1) is 34.7. The van der Waals surface area contributed by atoms with Gasteiger partial charge in [-0.05, 0) is 64.2 Å². The van der Waals surface area contributed by atoms with Crippen molar-refractivity contribution >= 4 is 17.7 Å². The van der Waals surface area contributed by atoms with Gasteiger partial charge in [-0.1, -0.05) is 41.5 Å². The summed E-state index contributed by atoms with van der Waals surface area (Å²) >= 11 is 0. The van der Waals surface area contributed by atoms with E-state index in [0.29, 0.717) is 12.8 Å². The number of methoxy groups -OCH3 is 1. The molecule has 256 valence electrons. The van der Waals surface area contributed by atoms with Crippen LogP contribution < -0.4 is 0 Å². The highest BCUT2D eigenvalue weighted by molar-refractivity contribution is 5.83. The van der Waals surface area contributed by atoms with E-state index in [0.717, 1.165) is 32.1 Å². The standard InChI is InChI=1S/C35H56O10/c1-10-34(30-19(3)16-25(41-30)27-18(2)15-20(4)32(39)42-27)12-11-26(43-34)33(8)13-14-35(45-33)17-24(36)21(5)29(44-35)22(6)28(40-9)23(7)31(37)38/h18-23,25-30H,10-17H2,1-9H3,(H,37,38). The number of hydrogen-bond donors (Lipinski definition) is 1. The Kier molecular flexibility index (Phi) is 9.87. The number of carboxylic acids is 1. The third-order valence-corrected chi connectivity index (χ3v) is 12.2. The van der Waals surface area contributed by atoms with Gasteiger partial charge in [0.2, 0.25) is 0 Å². The first-order valence-electron chi connectivity index (χ1n) is 17.3. The predicted octanol–water partition coefficient (Wildman–Crippen LogP) is 5.33. The zero-order valence-corrected chi connectivity index (χ0v) is 28.7. The van der Waals surface area contributed by atoms with Crippen LogP contribution in [0.5, 0.6) is 0 Å². The molecule has 0 bridgehead atoms. The number of ketones is 1. The van der Waals surface area contributed by atoms with E-state index in [1.54, 1.807) is 6.92 Å². The van der Waals surface area contributed by atoms with Gasteiger partial charge in [-0.3, -0.25) is 14.4 Å². The quantitative estimate of drug-likeness (QED) is 0.332. The lowest BCUT2D eigenvalue weighted by Gasteiger charge is -2.46. The lowest BCUT2D eigenvalue weighted by atomic mass is 9.79. The molecule has 0 aromatic heterocycles.